The SMILES string of the molecule is C=CCn1c(SCC(=O)Nc2c(C)cc(I)cc2C)nnc1[C@H](NC(=O)c1ccccc1)C(C)C. The third kappa shape index (κ3) is 6.94. The minimum absolute atomic E-state index is 0.0726. The number of allylic oxidation sites excluding steroid dienone is 1. The van der Waals surface area contributed by atoms with Gasteiger partial charge in [-0.1, -0.05) is 49.9 Å². The second-order valence-corrected chi connectivity index (χ2v) is 10.7. The van der Waals surface area contributed by atoms with Crippen molar-refractivity contribution in [3.05, 3.63) is 81.2 Å². The number of aromatic nitrogens is 3. The van der Waals surface area contributed by atoms with Gasteiger partial charge in [0.2, 0.25) is 5.91 Å². The second kappa shape index (κ2) is 12.3. The van der Waals surface area contributed by atoms with E-state index in [4.69, 9.17) is 0 Å². The summed E-state index contributed by atoms with van der Waals surface area (Å²) in [5.41, 5.74) is 3.48. The number of rotatable bonds is 10. The average molecular weight is 604 g/mol. The molecule has 9 heteroatoms. The average Bonchev–Trinajstić information content (AvgIpc) is 3.21. The summed E-state index contributed by atoms with van der Waals surface area (Å²) in [7, 11) is 0. The number of carbonyl (C=O) groups excluding carboxylic acids is 2. The zero-order chi connectivity index (χ0) is 25.5. The van der Waals surface area contributed by atoms with Gasteiger partial charge in [0, 0.05) is 21.4 Å². The zero-order valence-corrected chi connectivity index (χ0v) is 23.3. The Morgan fingerprint density at radius 2 is 1.80 bits per heavy atom. The molecular formula is C26H30IN5O2S. The molecule has 0 spiro atoms. The van der Waals surface area contributed by atoms with E-state index in [1.54, 1.807) is 18.2 Å². The van der Waals surface area contributed by atoms with Gasteiger partial charge in [0.05, 0.1) is 11.8 Å². The number of nitrogens with one attached hydrogen (secondary N) is 2. The molecule has 0 unspecified atom stereocenters. The zero-order valence-electron chi connectivity index (χ0n) is 20.3. The molecule has 1 aromatic heterocycles. The quantitative estimate of drug-likeness (QED) is 0.181. The van der Waals surface area contributed by atoms with Crippen LogP contribution in [0.5, 0.6) is 0 Å². The molecule has 0 radical (unpaired) electrons. The molecule has 0 fully saturated rings. The fourth-order valence-electron chi connectivity index (χ4n) is 3.69. The molecule has 2 aromatic carbocycles. The fraction of sp³-hybridized carbons (Fsp3) is 0.308. The predicted octanol–water partition coefficient (Wildman–Crippen LogP) is 5.54. The van der Waals surface area contributed by atoms with Crippen LogP contribution in [-0.4, -0.2) is 32.3 Å². The van der Waals surface area contributed by atoms with Crippen molar-refractivity contribution >= 4 is 51.9 Å². The van der Waals surface area contributed by atoms with Crippen LogP contribution >= 0.6 is 34.4 Å². The highest BCUT2D eigenvalue weighted by atomic mass is 127. The van der Waals surface area contributed by atoms with Gasteiger partial charge in [-0.05, 0) is 77.7 Å². The summed E-state index contributed by atoms with van der Waals surface area (Å²) in [5.74, 6) is 0.604. The second-order valence-electron chi connectivity index (χ2n) is 8.55. The van der Waals surface area contributed by atoms with Crippen LogP contribution in [0.25, 0.3) is 0 Å². The van der Waals surface area contributed by atoms with Crippen LogP contribution in [0.3, 0.4) is 0 Å². The summed E-state index contributed by atoms with van der Waals surface area (Å²) in [4.78, 5) is 25.6. The monoisotopic (exact) mass is 603 g/mol. The highest BCUT2D eigenvalue weighted by Crippen LogP contribution is 2.27. The summed E-state index contributed by atoms with van der Waals surface area (Å²) in [6.45, 7) is 12.3. The Morgan fingerprint density at radius 3 is 2.40 bits per heavy atom. The molecule has 0 saturated carbocycles. The van der Waals surface area contributed by atoms with Crippen LogP contribution < -0.4 is 10.6 Å². The summed E-state index contributed by atoms with van der Waals surface area (Å²) < 4.78 is 3.04. The summed E-state index contributed by atoms with van der Waals surface area (Å²) in [5, 5.41) is 15.5. The van der Waals surface area contributed by atoms with Crippen molar-refractivity contribution in [2.24, 2.45) is 5.92 Å². The first-order valence-corrected chi connectivity index (χ1v) is 13.4. The molecule has 2 amide bonds. The van der Waals surface area contributed by atoms with E-state index in [1.807, 2.05) is 62.6 Å². The number of anilines is 1. The van der Waals surface area contributed by atoms with Crippen molar-refractivity contribution in [1.82, 2.24) is 20.1 Å². The van der Waals surface area contributed by atoms with Crippen molar-refractivity contribution in [2.45, 2.75) is 45.4 Å². The van der Waals surface area contributed by atoms with Crippen molar-refractivity contribution < 1.29 is 9.59 Å². The van der Waals surface area contributed by atoms with Crippen LogP contribution in [0.2, 0.25) is 0 Å². The Hall–Kier alpha value is -2.66. The van der Waals surface area contributed by atoms with Crippen LogP contribution in [-0.2, 0) is 11.3 Å². The van der Waals surface area contributed by atoms with E-state index in [0.29, 0.717) is 23.1 Å². The Kier molecular flexibility index (Phi) is 9.50. The maximum Gasteiger partial charge on any atom is 0.251 e. The number of nitrogens with zero attached hydrogens (tertiary/aromatic N) is 3. The fourth-order valence-corrected chi connectivity index (χ4v) is 5.38. The Bertz CT molecular complexity index is 1190. The number of hydrogen-bond acceptors (Lipinski definition) is 5. The Balaban J connectivity index is 1.76. The molecule has 0 bridgehead atoms. The molecule has 0 saturated heterocycles. The van der Waals surface area contributed by atoms with Gasteiger partial charge in [-0.2, -0.15) is 0 Å². The van der Waals surface area contributed by atoms with Crippen molar-refractivity contribution in [2.75, 3.05) is 11.1 Å². The molecule has 3 rings (SSSR count). The lowest BCUT2D eigenvalue weighted by Gasteiger charge is -2.22. The summed E-state index contributed by atoms with van der Waals surface area (Å²) in [6, 6.07) is 12.8. The third-order valence-corrected chi connectivity index (χ3v) is 7.01. The molecule has 7 nitrogen and oxygen atoms in total. The van der Waals surface area contributed by atoms with Crippen molar-refractivity contribution in [3.63, 3.8) is 0 Å². The van der Waals surface area contributed by atoms with E-state index < -0.39 is 0 Å². The van der Waals surface area contributed by atoms with Gasteiger partial charge in [-0.15, -0.1) is 16.8 Å². The lowest BCUT2D eigenvalue weighted by molar-refractivity contribution is -0.113. The standard InChI is InChI=1S/C26H30IN5O2S/c1-6-12-32-24(22(16(2)3)29-25(34)19-10-8-7-9-11-19)30-31-26(32)35-15-21(33)28-23-17(4)13-20(27)14-18(23)5/h6-11,13-14,16,22H,1,12,15H2,2-5H3,(H,28,33)(H,29,34)/t22-/m1/s1. The van der Waals surface area contributed by atoms with Crippen LogP contribution in [0.15, 0.2) is 60.3 Å². The van der Waals surface area contributed by atoms with Crippen LogP contribution in [0.1, 0.15) is 47.2 Å². The highest BCUT2D eigenvalue weighted by molar-refractivity contribution is 14.1. The first kappa shape index (κ1) is 26.9. The number of amides is 2. The summed E-state index contributed by atoms with van der Waals surface area (Å²) >= 11 is 3.58. The first-order chi connectivity index (χ1) is 16.7. The van der Waals surface area contributed by atoms with E-state index in [0.717, 1.165) is 20.4 Å². The minimum atomic E-state index is -0.351. The van der Waals surface area contributed by atoms with E-state index in [2.05, 4.69) is 50.0 Å². The lowest BCUT2D eigenvalue weighted by Crippen LogP contribution is -2.33. The molecule has 2 N–H and O–H groups in total. The number of benzene rings is 2. The van der Waals surface area contributed by atoms with E-state index in [9.17, 15) is 9.59 Å². The van der Waals surface area contributed by atoms with Gasteiger partial charge in [0.1, 0.15) is 0 Å². The van der Waals surface area contributed by atoms with Gasteiger partial charge in [0.25, 0.3) is 5.91 Å². The Morgan fingerprint density at radius 1 is 1.14 bits per heavy atom. The van der Waals surface area contributed by atoms with Crippen molar-refractivity contribution in [3.8, 4) is 0 Å². The molecule has 3 aromatic rings. The van der Waals surface area contributed by atoms with Gasteiger partial charge in [-0.25, -0.2) is 0 Å². The van der Waals surface area contributed by atoms with Crippen LogP contribution in [0.4, 0.5) is 5.69 Å². The van der Waals surface area contributed by atoms with E-state index in [1.165, 1.54) is 11.8 Å². The number of thioether (sulfide) groups is 1. The van der Waals surface area contributed by atoms with Crippen LogP contribution in [0, 0.1) is 23.3 Å². The molecule has 1 heterocycles. The molecule has 0 aliphatic rings. The maximum atomic E-state index is 12.8. The summed E-state index contributed by atoms with van der Waals surface area (Å²) in [6.07, 6.45) is 1.76. The number of halogens is 1. The molecular weight excluding hydrogens is 573 g/mol. The van der Waals surface area contributed by atoms with Gasteiger partial charge >= 0.3 is 0 Å². The molecule has 0 aliphatic carbocycles. The number of aryl methyl sites for hydroxylation is 2. The van der Waals surface area contributed by atoms with Gasteiger partial charge in [-0.3, -0.25) is 9.59 Å². The Labute approximate surface area is 224 Å². The highest BCUT2D eigenvalue weighted by Gasteiger charge is 2.26. The third-order valence-electron chi connectivity index (χ3n) is 5.42. The first-order valence-electron chi connectivity index (χ1n) is 11.3. The lowest BCUT2D eigenvalue weighted by atomic mass is 10.0. The number of hydrogen-bond donors (Lipinski definition) is 2. The largest absolute Gasteiger partial charge is 0.342 e. The molecule has 184 valence electrons. The normalized spacial score (nSPS) is 11.8. The number of carbonyl (C=O) groups is 2. The van der Waals surface area contributed by atoms with E-state index in [-0.39, 0.29) is 29.5 Å². The van der Waals surface area contributed by atoms with Crippen molar-refractivity contribution in [1.29, 1.82) is 0 Å². The molecule has 1 atom stereocenters. The van der Waals surface area contributed by atoms with Gasteiger partial charge in [0.15, 0.2) is 11.0 Å². The van der Waals surface area contributed by atoms with Gasteiger partial charge < -0.3 is 15.2 Å². The maximum absolute atomic E-state index is 12.8. The predicted molar refractivity (Wildman–Crippen MR) is 150 cm³/mol. The smallest absolute Gasteiger partial charge is 0.251 e. The topological polar surface area (TPSA) is 88.9 Å². The van der Waals surface area contributed by atoms with E-state index >= 15 is 0 Å². The minimum Gasteiger partial charge on any atom is -0.342 e. The molecule has 0 aliphatic heterocycles. The molecule has 35 heavy (non-hydrogen) atoms.